The van der Waals surface area contributed by atoms with Crippen LogP contribution in [0.25, 0.3) is 0 Å². The number of rotatable bonds is 5. The molecule has 0 atom stereocenters. The molecule has 0 saturated carbocycles. The monoisotopic (exact) mass is 212 g/mol. The van der Waals surface area contributed by atoms with Crippen molar-refractivity contribution in [3.05, 3.63) is 11.6 Å². The van der Waals surface area contributed by atoms with Crippen LogP contribution in [0.5, 0.6) is 0 Å². The molecule has 15 heavy (non-hydrogen) atoms. The molecule has 0 radical (unpaired) electrons. The van der Waals surface area contributed by atoms with E-state index in [4.69, 9.17) is 4.74 Å². The lowest BCUT2D eigenvalue weighted by atomic mass is 9.79. The molecule has 3 nitrogen and oxygen atoms in total. The Morgan fingerprint density at radius 1 is 1.53 bits per heavy atom. The van der Waals surface area contributed by atoms with Crippen molar-refractivity contribution < 1.29 is 14.3 Å². The number of hydrogen-bond donors (Lipinski definition) is 0. The van der Waals surface area contributed by atoms with Crippen molar-refractivity contribution in [3.8, 4) is 0 Å². The summed E-state index contributed by atoms with van der Waals surface area (Å²) in [6, 6.07) is 0. The van der Waals surface area contributed by atoms with Gasteiger partial charge in [-0.05, 0) is 13.3 Å². The number of methoxy groups -OCH3 is 1. The fourth-order valence-electron chi connectivity index (χ4n) is 1.87. The lowest BCUT2D eigenvalue weighted by Gasteiger charge is -2.39. The van der Waals surface area contributed by atoms with Gasteiger partial charge in [-0.2, -0.15) is 0 Å². The van der Waals surface area contributed by atoms with E-state index in [1.165, 1.54) is 20.0 Å². The van der Waals surface area contributed by atoms with Crippen molar-refractivity contribution >= 4 is 5.97 Å². The Hall–Kier alpha value is -0.830. The van der Waals surface area contributed by atoms with E-state index in [2.05, 4.69) is 11.7 Å². The van der Waals surface area contributed by atoms with Crippen LogP contribution in [0, 0.1) is 5.41 Å². The summed E-state index contributed by atoms with van der Waals surface area (Å²) in [7, 11) is 1.41. The molecule has 0 spiro atoms. The Balaban J connectivity index is 2.62. The first-order chi connectivity index (χ1) is 7.13. The lowest BCUT2D eigenvalue weighted by molar-refractivity contribution is -0.136. The van der Waals surface area contributed by atoms with E-state index >= 15 is 0 Å². The standard InChI is InChI=1S/C12H20O3/c1-4-5-6-12(8-15-9-12)7-10(2)11(13)14-3/h7H,4-6,8-9H2,1-3H3/b10-7+. The minimum atomic E-state index is -0.238. The van der Waals surface area contributed by atoms with Gasteiger partial charge in [-0.1, -0.05) is 25.8 Å². The normalized spacial score (nSPS) is 19.5. The quantitative estimate of drug-likeness (QED) is 0.518. The molecule has 86 valence electrons. The van der Waals surface area contributed by atoms with Gasteiger partial charge in [0.25, 0.3) is 0 Å². The van der Waals surface area contributed by atoms with Crippen molar-refractivity contribution in [2.45, 2.75) is 33.1 Å². The smallest absolute Gasteiger partial charge is 0.333 e. The molecule has 0 aromatic rings. The van der Waals surface area contributed by atoms with E-state index in [0.717, 1.165) is 19.6 Å². The van der Waals surface area contributed by atoms with E-state index in [1.54, 1.807) is 6.92 Å². The molecule has 0 N–H and O–H groups in total. The minimum absolute atomic E-state index is 0.0916. The van der Waals surface area contributed by atoms with Gasteiger partial charge in [-0.25, -0.2) is 4.79 Å². The second kappa shape index (κ2) is 5.31. The molecule has 3 heteroatoms. The fourth-order valence-corrected chi connectivity index (χ4v) is 1.87. The number of hydrogen-bond acceptors (Lipinski definition) is 3. The molecule has 1 heterocycles. The van der Waals surface area contributed by atoms with Gasteiger partial charge >= 0.3 is 5.97 Å². The van der Waals surface area contributed by atoms with Crippen molar-refractivity contribution in [3.63, 3.8) is 0 Å². The summed E-state index contributed by atoms with van der Waals surface area (Å²) in [4.78, 5) is 11.3. The van der Waals surface area contributed by atoms with E-state index in [0.29, 0.717) is 5.57 Å². The molecule has 0 bridgehead atoms. The van der Waals surface area contributed by atoms with Gasteiger partial charge in [0.2, 0.25) is 0 Å². The first kappa shape index (κ1) is 12.2. The van der Waals surface area contributed by atoms with Gasteiger partial charge in [0.05, 0.1) is 20.3 Å². The topological polar surface area (TPSA) is 35.5 Å². The van der Waals surface area contributed by atoms with Gasteiger partial charge in [0.1, 0.15) is 0 Å². The van der Waals surface area contributed by atoms with Gasteiger partial charge in [-0.15, -0.1) is 0 Å². The van der Waals surface area contributed by atoms with Crippen LogP contribution in [-0.2, 0) is 14.3 Å². The van der Waals surface area contributed by atoms with Gasteiger partial charge in [0, 0.05) is 11.0 Å². The summed E-state index contributed by atoms with van der Waals surface area (Å²) in [5.74, 6) is -0.238. The molecular weight excluding hydrogens is 192 g/mol. The van der Waals surface area contributed by atoms with E-state index in [9.17, 15) is 4.79 Å². The largest absolute Gasteiger partial charge is 0.466 e. The molecule has 1 aliphatic rings. The number of ether oxygens (including phenoxy) is 2. The maximum absolute atomic E-state index is 11.3. The van der Waals surface area contributed by atoms with Crippen LogP contribution in [0.3, 0.4) is 0 Å². The number of esters is 1. The maximum atomic E-state index is 11.3. The van der Waals surface area contributed by atoms with Crippen LogP contribution in [0.15, 0.2) is 11.6 Å². The van der Waals surface area contributed by atoms with Crippen molar-refractivity contribution in [1.82, 2.24) is 0 Å². The molecule has 0 aromatic carbocycles. The maximum Gasteiger partial charge on any atom is 0.333 e. The molecular formula is C12H20O3. The van der Waals surface area contributed by atoms with Gasteiger partial charge in [-0.3, -0.25) is 0 Å². The summed E-state index contributed by atoms with van der Waals surface area (Å²) in [6.45, 7) is 5.45. The van der Waals surface area contributed by atoms with Gasteiger partial charge in [0.15, 0.2) is 0 Å². The third-order valence-electron chi connectivity index (χ3n) is 2.84. The zero-order valence-electron chi connectivity index (χ0n) is 9.84. The van der Waals surface area contributed by atoms with E-state index in [1.807, 2.05) is 6.08 Å². The highest BCUT2D eigenvalue weighted by Crippen LogP contribution is 2.35. The molecule has 1 fully saturated rings. The Labute approximate surface area is 91.4 Å². The average molecular weight is 212 g/mol. The van der Waals surface area contributed by atoms with Crippen molar-refractivity contribution in [2.75, 3.05) is 20.3 Å². The number of carbonyl (C=O) groups is 1. The third-order valence-corrected chi connectivity index (χ3v) is 2.84. The Kier molecular flexibility index (Phi) is 4.33. The first-order valence-electron chi connectivity index (χ1n) is 5.49. The molecule has 0 unspecified atom stereocenters. The van der Waals surface area contributed by atoms with Crippen LogP contribution in [-0.4, -0.2) is 26.3 Å². The predicted molar refractivity (Wildman–Crippen MR) is 58.6 cm³/mol. The highest BCUT2D eigenvalue weighted by atomic mass is 16.5. The summed E-state index contributed by atoms with van der Waals surface area (Å²) < 4.78 is 9.94. The van der Waals surface area contributed by atoms with Gasteiger partial charge < -0.3 is 9.47 Å². The minimum Gasteiger partial charge on any atom is -0.466 e. The lowest BCUT2D eigenvalue weighted by Crippen LogP contribution is -2.41. The molecule has 0 aliphatic carbocycles. The Morgan fingerprint density at radius 3 is 2.60 bits per heavy atom. The first-order valence-corrected chi connectivity index (χ1v) is 5.49. The van der Waals surface area contributed by atoms with Crippen molar-refractivity contribution in [2.24, 2.45) is 5.41 Å². The molecule has 1 aliphatic heterocycles. The summed E-state index contributed by atoms with van der Waals surface area (Å²) in [6.07, 6.45) is 5.47. The van der Waals surface area contributed by atoms with Crippen LogP contribution < -0.4 is 0 Å². The highest BCUT2D eigenvalue weighted by Gasteiger charge is 2.36. The molecule has 0 aromatic heterocycles. The summed E-state index contributed by atoms with van der Waals surface area (Å²) in [5.41, 5.74) is 0.783. The van der Waals surface area contributed by atoms with Crippen LogP contribution in [0.2, 0.25) is 0 Å². The van der Waals surface area contributed by atoms with Crippen LogP contribution >= 0.6 is 0 Å². The van der Waals surface area contributed by atoms with E-state index < -0.39 is 0 Å². The summed E-state index contributed by atoms with van der Waals surface area (Å²) >= 11 is 0. The van der Waals surface area contributed by atoms with E-state index in [-0.39, 0.29) is 11.4 Å². The highest BCUT2D eigenvalue weighted by molar-refractivity contribution is 5.87. The molecule has 1 rings (SSSR count). The third kappa shape index (κ3) is 3.06. The average Bonchev–Trinajstić information content (AvgIpc) is 2.20. The van der Waals surface area contributed by atoms with Crippen LogP contribution in [0.4, 0.5) is 0 Å². The fraction of sp³-hybridized carbons (Fsp3) is 0.750. The second-order valence-corrected chi connectivity index (χ2v) is 4.28. The summed E-state index contributed by atoms with van der Waals surface area (Å²) in [5, 5.41) is 0. The SMILES string of the molecule is CCCCC1(/C=C(\C)C(=O)OC)COC1. The predicted octanol–water partition coefficient (Wildman–Crippen LogP) is 2.31. The number of carbonyl (C=O) groups excluding carboxylic acids is 1. The van der Waals surface area contributed by atoms with Crippen molar-refractivity contribution in [1.29, 1.82) is 0 Å². The van der Waals surface area contributed by atoms with Crippen LogP contribution in [0.1, 0.15) is 33.1 Å². The molecule has 0 amide bonds. The Morgan fingerprint density at radius 2 is 2.20 bits per heavy atom. The second-order valence-electron chi connectivity index (χ2n) is 4.28. The zero-order valence-corrected chi connectivity index (χ0v) is 9.84. The number of unbranched alkanes of at least 4 members (excludes halogenated alkanes) is 1. The zero-order chi connectivity index (χ0) is 11.3. The Bertz CT molecular complexity index is 252. The molecule has 1 saturated heterocycles.